The average Bonchev–Trinajstić information content (AvgIpc) is 2.82. The zero-order chi connectivity index (χ0) is 26.6. The maximum absolute atomic E-state index is 12.9. The molecule has 9 heteroatoms. The second-order valence-electron chi connectivity index (χ2n) is 11.7. The molecular weight excluding hydrogens is 476 g/mol. The number of alkyl carbamates (subject to hydrolysis) is 1. The van der Waals surface area contributed by atoms with Crippen LogP contribution >= 0.6 is 0 Å². The average molecular weight is 515 g/mol. The predicted molar refractivity (Wildman–Crippen MR) is 134 cm³/mol. The van der Waals surface area contributed by atoms with Gasteiger partial charge in [-0.15, -0.1) is 0 Å². The number of rotatable bonds is 9. The van der Waals surface area contributed by atoms with Gasteiger partial charge >= 0.3 is 18.0 Å². The standard InChI is InChI=1S/C28H38N2O7/c1-28(2,3)37-27(34)30-22(26(33)29-15-24(32)35-16-17-7-5-4-6-8-17)14-23(31)36-25-20-10-18-9-19(12-20)13-21(25)11-18/h4-8,18-22,25H,9-16H2,1-3H3,(H,29,33)(H,30,34)/t18?,19?,20?,21?,22-,25?/m0/s1. The molecule has 4 aliphatic carbocycles. The van der Waals surface area contributed by atoms with Crippen LogP contribution in [0.2, 0.25) is 0 Å². The van der Waals surface area contributed by atoms with Gasteiger partial charge in [0.25, 0.3) is 0 Å². The minimum Gasteiger partial charge on any atom is -0.462 e. The molecule has 0 aliphatic heterocycles. The molecule has 4 aliphatic rings. The maximum Gasteiger partial charge on any atom is 0.408 e. The zero-order valence-corrected chi connectivity index (χ0v) is 21.9. The van der Waals surface area contributed by atoms with E-state index in [1.807, 2.05) is 30.3 Å². The summed E-state index contributed by atoms with van der Waals surface area (Å²) >= 11 is 0. The Morgan fingerprint density at radius 3 is 2.14 bits per heavy atom. The number of esters is 2. The molecule has 0 saturated heterocycles. The van der Waals surface area contributed by atoms with Crippen LogP contribution in [0.3, 0.4) is 0 Å². The number of nitrogens with one attached hydrogen (secondary N) is 2. The van der Waals surface area contributed by atoms with Crippen LogP contribution in [0.1, 0.15) is 64.9 Å². The van der Waals surface area contributed by atoms with Crippen molar-refractivity contribution in [1.29, 1.82) is 0 Å². The summed E-state index contributed by atoms with van der Waals surface area (Å²) in [5, 5.41) is 4.92. The summed E-state index contributed by atoms with van der Waals surface area (Å²) in [5.41, 5.74) is 0.0342. The molecule has 4 bridgehead atoms. The second-order valence-corrected chi connectivity index (χ2v) is 11.7. The second kappa shape index (κ2) is 11.5. The monoisotopic (exact) mass is 514 g/mol. The van der Waals surface area contributed by atoms with Crippen LogP contribution in [0, 0.1) is 23.7 Å². The number of hydrogen-bond donors (Lipinski definition) is 2. The van der Waals surface area contributed by atoms with Crippen LogP contribution in [0.25, 0.3) is 0 Å². The van der Waals surface area contributed by atoms with Gasteiger partial charge in [-0.3, -0.25) is 14.4 Å². The van der Waals surface area contributed by atoms with Gasteiger partial charge in [0.05, 0.1) is 6.42 Å². The normalized spacial score (nSPS) is 26.6. The van der Waals surface area contributed by atoms with Gasteiger partial charge in [0, 0.05) is 0 Å². The van der Waals surface area contributed by atoms with E-state index in [0.717, 1.165) is 43.1 Å². The van der Waals surface area contributed by atoms with Gasteiger partial charge in [-0.25, -0.2) is 4.79 Å². The molecular formula is C28H38N2O7. The summed E-state index contributed by atoms with van der Waals surface area (Å²) in [7, 11) is 0. The van der Waals surface area contributed by atoms with E-state index in [9.17, 15) is 19.2 Å². The van der Waals surface area contributed by atoms with E-state index < -0.39 is 42.1 Å². The Morgan fingerprint density at radius 2 is 1.54 bits per heavy atom. The van der Waals surface area contributed by atoms with E-state index in [1.54, 1.807) is 20.8 Å². The Kier molecular flexibility index (Phi) is 8.39. The molecule has 0 spiro atoms. The predicted octanol–water partition coefficient (Wildman–Crippen LogP) is 3.50. The Bertz CT molecular complexity index is 960. The molecule has 2 amide bonds. The summed E-state index contributed by atoms with van der Waals surface area (Å²) < 4.78 is 16.4. The Morgan fingerprint density at radius 1 is 0.919 bits per heavy atom. The number of carbonyl (C=O) groups is 4. The van der Waals surface area contributed by atoms with E-state index in [-0.39, 0.29) is 19.1 Å². The molecule has 37 heavy (non-hydrogen) atoms. The molecule has 4 fully saturated rings. The highest BCUT2D eigenvalue weighted by Crippen LogP contribution is 2.54. The number of benzene rings is 1. The molecule has 5 rings (SSSR count). The van der Waals surface area contributed by atoms with Gasteiger partial charge in [0.15, 0.2) is 0 Å². The molecule has 1 aromatic rings. The lowest BCUT2D eigenvalue weighted by Crippen LogP contribution is -2.52. The van der Waals surface area contributed by atoms with Crippen molar-refractivity contribution in [3.8, 4) is 0 Å². The summed E-state index contributed by atoms with van der Waals surface area (Å²) in [5.74, 6) is 0.378. The smallest absolute Gasteiger partial charge is 0.408 e. The summed E-state index contributed by atoms with van der Waals surface area (Å²) in [6.45, 7) is 4.77. The molecule has 2 N–H and O–H groups in total. The highest BCUT2D eigenvalue weighted by atomic mass is 16.6. The van der Waals surface area contributed by atoms with Gasteiger partial charge in [0.2, 0.25) is 5.91 Å². The third-order valence-electron chi connectivity index (χ3n) is 7.44. The van der Waals surface area contributed by atoms with Crippen molar-refractivity contribution in [2.75, 3.05) is 6.54 Å². The number of amides is 2. The molecule has 1 atom stereocenters. The first-order valence-corrected chi connectivity index (χ1v) is 13.2. The number of hydrogen-bond acceptors (Lipinski definition) is 7. The molecule has 0 aromatic heterocycles. The van der Waals surface area contributed by atoms with Gasteiger partial charge in [-0.2, -0.15) is 0 Å². The van der Waals surface area contributed by atoms with E-state index in [1.165, 1.54) is 6.42 Å². The number of carbonyl (C=O) groups excluding carboxylic acids is 4. The van der Waals surface area contributed by atoms with Crippen molar-refractivity contribution < 1.29 is 33.4 Å². The third kappa shape index (κ3) is 7.69. The van der Waals surface area contributed by atoms with Gasteiger partial charge < -0.3 is 24.8 Å². The van der Waals surface area contributed by atoms with Crippen LogP contribution in [0.4, 0.5) is 4.79 Å². The van der Waals surface area contributed by atoms with Gasteiger partial charge in [0.1, 0.15) is 30.9 Å². The summed E-state index contributed by atoms with van der Waals surface area (Å²) in [4.78, 5) is 50.4. The Hall–Kier alpha value is -3.10. The van der Waals surface area contributed by atoms with Crippen LogP contribution in [0.5, 0.6) is 0 Å². The molecule has 9 nitrogen and oxygen atoms in total. The SMILES string of the molecule is CC(C)(C)OC(=O)N[C@@H](CC(=O)OC1C2CC3CC(C2)CC1C3)C(=O)NCC(=O)OCc1ccccc1. The fourth-order valence-electron chi connectivity index (χ4n) is 6.16. The Labute approximate surface area is 218 Å². The van der Waals surface area contributed by atoms with E-state index in [2.05, 4.69) is 10.6 Å². The lowest BCUT2D eigenvalue weighted by Gasteiger charge is -2.53. The number of ether oxygens (including phenoxy) is 3. The van der Waals surface area contributed by atoms with Crippen LogP contribution < -0.4 is 10.6 Å². The molecule has 0 unspecified atom stereocenters. The van der Waals surface area contributed by atoms with Crippen molar-refractivity contribution in [2.45, 2.75) is 83.6 Å². The lowest BCUT2D eigenvalue weighted by molar-refractivity contribution is -0.171. The molecule has 202 valence electrons. The summed E-state index contributed by atoms with van der Waals surface area (Å²) in [6.07, 6.45) is 4.36. The van der Waals surface area contributed by atoms with E-state index >= 15 is 0 Å². The first-order valence-electron chi connectivity index (χ1n) is 13.2. The summed E-state index contributed by atoms with van der Waals surface area (Å²) in [6, 6.07) is 7.92. The molecule has 0 heterocycles. The minimum atomic E-state index is -1.25. The molecule has 4 saturated carbocycles. The molecule has 0 radical (unpaired) electrons. The van der Waals surface area contributed by atoms with E-state index in [0.29, 0.717) is 11.8 Å². The fourth-order valence-corrected chi connectivity index (χ4v) is 6.16. The zero-order valence-electron chi connectivity index (χ0n) is 21.9. The van der Waals surface area contributed by atoms with Crippen LogP contribution in [-0.2, 0) is 35.2 Å². The van der Waals surface area contributed by atoms with Gasteiger partial charge in [-0.1, -0.05) is 30.3 Å². The first-order chi connectivity index (χ1) is 17.6. The molecule has 1 aromatic carbocycles. The van der Waals surface area contributed by atoms with E-state index in [4.69, 9.17) is 14.2 Å². The third-order valence-corrected chi connectivity index (χ3v) is 7.44. The highest BCUT2D eigenvalue weighted by Gasteiger charge is 2.50. The largest absolute Gasteiger partial charge is 0.462 e. The van der Waals surface area contributed by atoms with Gasteiger partial charge in [-0.05, 0) is 82.1 Å². The highest BCUT2D eigenvalue weighted by molar-refractivity contribution is 5.91. The topological polar surface area (TPSA) is 120 Å². The van der Waals surface area contributed by atoms with Crippen molar-refractivity contribution in [3.05, 3.63) is 35.9 Å². The lowest BCUT2D eigenvalue weighted by atomic mass is 9.55. The maximum atomic E-state index is 12.9. The van der Waals surface area contributed by atoms with Crippen LogP contribution in [0.15, 0.2) is 30.3 Å². The van der Waals surface area contributed by atoms with Crippen molar-refractivity contribution >= 4 is 23.9 Å². The first kappa shape index (κ1) is 26.9. The van der Waals surface area contributed by atoms with Crippen molar-refractivity contribution in [2.24, 2.45) is 23.7 Å². The van der Waals surface area contributed by atoms with Crippen molar-refractivity contribution in [1.82, 2.24) is 10.6 Å². The Balaban J connectivity index is 1.31. The van der Waals surface area contributed by atoms with Crippen molar-refractivity contribution in [3.63, 3.8) is 0 Å². The quantitative estimate of drug-likeness (QED) is 0.382. The minimum absolute atomic E-state index is 0.0763. The van der Waals surface area contributed by atoms with Crippen LogP contribution in [-0.4, -0.2) is 48.2 Å². The fraction of sp³-hybridized carbons (Fsp3) is 0.643.